The fraction of sp³-hybridized carbons (Fsp3) is 0.200. The largest absolute Gasteiger partial charge is 0.482 e. The van der Waals surface area contributed by atoms with Crippen molar-refractivity contribution in [3.63, 3.8) is 0 Å². The van der Waals surface area contributed by atoms with Gasteiger partial charge in [-0.2, -0.15) is 0 Å². The minimum absolute atomic E-state index is 0. The molecule has 0 aliphatic carbocycles. The molecule has 102 valence electrons. The maximum Gasteiger partial charge on any atom is 0.341 e. The summed E-state index contributed by atoms with van der Waals surface area (Å²) in [7, 11) is 0. The molecule has 8 N–H and O–H groups in total. The number of benzene rings is 1. The molecule has 1 aromatic rings. The van der Waals surface area contributed by atoms with Crippen molar-refractivity contribution in [2.75, 3.05) is 13.2 Å². The lowest BCUT2D eigenvalue weighted by atomic mass is 10.3. The van der Waals surface area contributed by atoms with Gasteiger partial charge in [-0.25, -0.2) is 9.59 Å². The first kappa shape index (κ1) is 18.1. The number of hydrogen-bond donors (Lipinski definition) is 4. The van der Waals surface area contributed by atoms with Gasteiger partial charge in [0.05, 0.1) is 0 Å². The van der Waals surface area contributed by atoms with Crippen LogP contribution in [0.3, 0.4) is 0 Å². The van der Waals surface area contributed by atoms with Crippen LogP contribution in [-0.2, 0) is 9.59 Å². The highest BCUT2D eigenvalue weighted by atomic mass is 16.5. The number of carbonyl (C=O) groups is 2. The highest BCUT2D eigenvalue weighted by Crippen LogP contribution is 2.17. The van der Waals surface area contributed by atoms with E-state index in [0.29, 0.717) is 11.5 Å². The van der Waals surface area contributed by atoms with Crippen molar-refractivity contribution in [3.8, 4) is 11.5 Å². The summed E-state index contributed by atoms with van der Waals surface area (Å²) in [5.41, 5.74) is 0. The predicted octanol–water partition coefficient (Wildman–Crippen LogP) is 0.937. The van der Waals surface area contributed by atoms with Crippen LogP contribution in [0.2, 0.25) is 0 Å². The number of carboxylic acids is 2. The van der Waals surface area contributed by atoms with Crippen LogP contribution < -0.4 is 21.8 Å². The number of ether oxygens (including phenoxy) is 2. The van der Waals surface area contributed by atoms with Crippen LogP contribution in [-0.4, -0.2) is 35.4 Å². The van der Waals surface area contributed by atoms with E-state index in [9.17, 15) is 9.59 Å². The van der Waals surface area contributed by atoms with Crippen LogP contribution in [0, 0.1) is 0 Å². The molecular weight excluding hydrogens is 244 g/mol. The summed E-state index contributed by atoms with van der Waals surface area (Å²) in [6.07, 6.45) is 0. The van der Waals surface area contributed by atoms with E-state index in [4.69, 9.17) is 19.7 Å². The molecule has 0 fully saturated rings. The zero-order valence-corrected chi connectivity index (χ0v) is 9.67. The molecule has 0 unspecified atom stereocenters. The molecule has 8 nitrogen and oxygen atoms in total. The minimum Gasteiger partial charge on any atom is -0.482 e. The molecule has 0 bridgehead atoms. The lowest BCUT2D eigenvalue weighted by molar-refractivity contribution is -0.140. The third-order valence-electron chi connectivity index (χ3n) is 1.55. The third-order valence-corrected chi connectivity index (χ3v) is 1.55. The van der Waals surface area contributed by atoms with Gasteiger partial charge >= 0.3 is 11.9 Å². The lowest BCUT2D eigenvalue weighted by Crippen LogP contribution is -2.10. The van der Waals surface area contributed by atoms with Crippen molar-refractivity contribution in [3.05, 3.63) is 24.3 Å². The van der Waals surface area contributed by atoms with Gasteiger partial charge in [0.1, 0.15) is 11.5 Å². The van der Waals surface area contributed by atoms with Crippen molar-refractivity contribution in [1.29, 1.82) is 0 Å². The Bertz CT molecular complexity index is 341. The smallest absolute Gasteiger partial charge is 0.341 e. The Morgan fingerprint density at radius 3 is 1.33 bits per heavy atom. The molecule has 18 heavy (non-hydrogen) atoms. The van der Waals surface area contributed by atoms with Gasteiger partial charge in [0.2, 0.25) is 0 Å². The first-order valence-corrected chi connectivity index (χ1v) is 4.37. The molecule has 8 heteroatoms. The zero-order chi connectivity index (χ0) is 12.0. The number of hydrogen-bond acceptors (Lipinski definition) is 6. The van der Waals surface area contributed by atoms with Gasteiger partial charge in [-0.3, -0.25) is 0 Å². The van der Waals surface area contributed by atoms with E-state index in [1.165, 1.54) is 24.3 Å². The Morgan fingerprint density at radius 1 is 0.833 bits per heavy atom. The molecule has 0 atom stereocenters. The average molecular weight is 260 g/mol. The van der Waals surface area contributed by atoms with Crippen LogP contribution in [0.1, 0.15) is 0 Å². The molecule has 0 saturated carbocycles. The molecule has 0 aliphatic heterocycles. The summed E-state index contributed by atoms with van der Waals surface area (Å²) in [6.45, 7) is -0.843. The summed E-state index contributed by atoms with van der Waals surface area (Å²) in [5, 5.41) is 16.7. The third kappa shape index (κ3) is 7.04. The Labute approximate surface area is 103 Å². The van der Waals surface area contributed by atoms with Crippen LogP contribution in [0.25, 0.3) is 0 Å². The SMILES string of the molecule is N.N.O=C(O)COc1ccc(OCC(=O)O)cc1. The second-order valence-electron chi connectivity index (χ2n) is 2.84. The first-order chi connectivity index (χ1) is 7.58. The van der Waals surface area contributed by atoms with Gasteiger partial charge in [0.15, 0.2) is 13.2 Å². The van der Waals surface area contributed by atoms with E-state index >= 15 is 0 Å². The summed E-state index contributed by atoms with van der Waals surface area (Å²) < 4.78 is 9.75. The average Bonchev–Trinajstić information content (AvgIpc) is 2.25. The second-order valence-corrected chi connectivity index (χ2v) is 2.84. The first-order valence-electron chi connectivity index (χ1n) is 4.37. The molecule has 0 amide bonds. The maximum atomic E-state index is 10.2. The van der Waals surface area contributed by atoms with Crippen LogP contribution in [0.4, 0.5) is 0 Å². The van der Waals surface area contributed by atoms with E-state index in [1.807, 2.05) is 0 Å². The summed E-state index contributed by atoms with van der Waals surface area (Å²) in [5.74, 6) is -1.37. The zero-order valence-electron chi connectivity index (χ0n) is 9.67. The number of aliphatic carboxylic acids is 2. The number of carboxylic acid groups (broad SMARTS) is 2. The maximum absolute atomic E-state index is 10.2. The highest BCUT2D eigenvalue weighted by molar-refractivity contribution is 5.68. The molecule has 0 spiro atoms. The fourth-order valence-electron chi connectivity index (χ4n) is 0.922. The molecule has 0 heterocycles. The normalized spacial score (nSPS) is 8.44. The monoisotopic (exact) mass is 260 g/mol. The number of rotatable bonds is 6. The Kier molecular flexibility index (Phi) is 8.82. The van der Waals surface area contributed by atoms with E-state index in [-0.39, 0.29) is 12.3 Å². The quantitative estimate of drug-likeness (QED) is 0.586. The summed E-state index contributed by atoms with van der Waals surface area (Å²) in [4.78, 5) is 20.4. The van der Waals surface area contributed by atoms with Gasteiger partial charge in [-0.05, 0) is 24.3 Å². The second kappa shape index (κ2) is 8.79. The predicted molar refractivity (Wildman–Crippen MR) is 62.7 cm³/mol. The molecular formula is C10H16N2O6. The lowest BCUT2D eigenvalue weighted by Gasteiger charge is -2.05. The molecule has 0 radical (unpaired) electrons. The van der Waals surface area contributed by atoms with E-state index < -0.39 is 25.2 Å². The van der Waals surface area contributed by atoms with E-state index in [2.05, 4.69) is 0 Å². The van der Waals surface area contributed by atoms with Crippen molar-refractivity contribution in [2.45, 2.75) is 0 Å². The Hall–Kier alpha value is -2.32. The topological polar surface area (TPSA) is 163 Å². The highest BCUT2D eigenvalue weighted by Gasteiger charge is 2.01. The Balaban J connectivity index is 0. The van der Waals surface area contributed by atoms with E-state index in [1.54, 1.807) is 0 Å². The summed E-state index contributed by atoms with van der Waals surface area (Å²) >= 11 is 0. The van der Waals surface area contributed by atoms with Gasteiger partial charge in [-0.1, -0.05) is 0 Å². The molecule has 1 aromatic carbocycles. The van der Waals surface area contributed by atoms with E-state index in [0.717, 1.165) is 0 Å². The van der Waals surface area contributed by atoms with Gasteiger partial charge < -0.3 is 32.0 Å². The standard InChI is InChI=1S/C10H10O6.2H3N/c11-9(12)5-15-7-1-2-8(4-3-7)16-6-10(13)14;;/h1-4H,5-6H2,(H,11,12)(H,13,14);2*1H3. The van der Waals surface area contributed by atoms with Crippen molar-refractivity contribution < 1.29 is 29.3 Å². The molecule has 0 aliphatic rings. The van der Waals surface area contributed by atoms with Crippen molar-refractivity contribution in [1.82, 2.24) is 12.3 Å². The van der Waals surface area contributed by atoms with Gasteiger partial charge in [-0.15, -0.1) is 0 Å². The van der Waals surface area contributed by atoms with Crippen LogP contribution in [0.5, 0.6) is 11.5 Å². The Morgan fingerprint density at radius 2 is 1.11 bits per heavy atom. The van der Waals surface area contributed by atoms with Gasteiger partial charge in [0.25, 0.3) is 0 Å². The van der Waals surface area contributed by atoms with Crippen LogP contribution in [0.15, 0.2) is 24.3 Å². The van der Waals surface area contributed by atoms with Gasteiger partial charge in [0, 0.05) is 0 Å². The minimum atomic E-state index is -1.06. The molecule has 0 aromatic heterocycles. The molecule has 0 saturated heterocycles. The van der Waals surface area contributed by atoms with Crippen LogP contribution >= 0.6 is 0 Å². The summed E-state index contributed by atoms with van der Waals surface area (Å²) in [6, 6.07) is 6.00. The molecule has 1 rings (SSSR count). The van der Waals surface area contributed by atoms with Crippen molar-refractivity contribution in [2.24, 2.45) is 0 Å². The fourth-order valence-corrected chi connectivity index (χ4v) is 0.922. The van der Waals surface area contributed by atoms with Crippen molar-refractivity contribution >= 4 is 11.9 Å².